The van der Waals surface area contributed by atoms with Crippen LogP contribution < -0.4 is 0 Å². The second-order valence-electron chi connectivity index (χ2n) is 5.23. The zero-order valence-corrected chi connectivity index (χ0v) is 11.6. The van der Waals surface area contributed by atoms with E-state index in [2.05, 4.69) is 24.1 Å². The average molecular weight is 257 g/mol. The van der Waals surface area contributed by atoms with Crippen LogP contribution in [0.4, 0.5) is 0 Å². The minimum absolute atomic E-state index is 0.342. The Morgan fingerprint density at radius 2 is 2.11 bits per heavy atom. The molecule has 2 heteroatoms. The third-order valence-corrected chi connectivity index (χ3v) is 3.72. The van der Waals surface area contributed by atoms with E-state index >= 15 is 0 Å². The van der Waals surface area contributed by atoms with Crippen molar-refractivity contribution in [3.63, 3.8) is 0 Å². The zero-order valence-electron chi connectivity index (χ0n) is 11.6. The van der Waals surface area contributed by atoms with Crippen LogP contribution in [0.25, 0.3) is 6.08 Å². The highest BCUT2D eigenvalue weighted by Crippen LogP contribution is 2.19. The van der Waals surface area contributed by atoms with E-state index < -0.39 is 0 Å². The number of nitrogens with zero attached hydrogens (tertiary/aromatic N) is 1. The minimum atomic E-state index is -0.342. The fraction of sp³-hybridized carbons (Fsp3) is 0.412. The number of allylic oxidation sites excluding steroid dienone is 2. The van der Waals surface area contributed by atoms with E-state index in [-0.39, 0.29) is 6.10 Å². The van der Waals surface area contributed by atoms with E-state index in [1.54, 1.807) is 0 Å². The molecule has 1 aromatic rings. The van der Waals surface area contributed by atoms with Gasteiger partial charge in [0, 0.05) is 6.04 Å². The van der Waals surface area contributed by atoms with Crippen LogP contribution in [0.2, 0.25) is 0 Å². The van der Waals surface area contributed by atoms with Crippen LogP contribution in [0.15, 0.2) is 48.6 Å². The maximum atomic E-state index is 9.98. The predicted octanol–water partition coefficient (Wildman–Crippen LogP) is 3.10. The van der Waals surface area contributed by atoms with Gasteiger partial charge in [-0.15, -0.1) is 0 Å². The van der Waals surface area contributed by atoms with Crippen molar-refractivity contribution in [2.45, 2.75) is 31.4 Å². The maximum absolute atomic E-state index is 9.98. The SMILES string of the molecule is CN1CCC[C@H]1C[C@@H](O)/C=C/C=C/c1ccccc1. The van der Waals surface area contributed by atoms with E-state index in [0.29, 0.717) is 6.04 Å². The van der Waals surface area contributed by atoms with Crippen LogP contribution in [-0.4, -0.2) is 35.7 Å². The molecule has 19 heavy (non-hydrogen) atoms. The fourth-order valence-corrected chi connectivity index (χ4v) is 2.56. The normalized spacial score (nSPS) is 22.5. The predicted molar refractivity (Wildman–Crippen MR) is 80.9 cm³/mol. The number of hydrogen-bond donors (Lipinski definition) is 1. The lowest BCUT2D eigenvalue weighted by Gasteiger charge is -2.20. The molecule has 2 rings (SSSR count). The van der Waals surface area contributed by atoms with Gasteiger partial charge in [0.1, 0.15) is 0 Å². The van der Waals surface area contributed by atoms with Crippen molar-refractivity contribution in [1.82, 2.24) is 4.90 Å². The molecule has 1 fully saturated rings. The van der Waals surface area contributed by atoms with Crippen molar-refractivity contribution in [3.8, 4) is 0 Å². The van der Waals surface area contributed by atoms with Gasteiger partial charge in [0.05, 0.1) is 6.10 Å². The Hall–Kier alpha value is -1.38. The Labute approximate surface area is 116 Å². The van der Waals surface area contributed by atoms with E-state index in [1.165, 1.54) is 18.4 Å². The lowest BCUT2D eigenvalue weighted by molar-refractivity contribution is 0.166. The molecule has 1 saturated heterocycles. The molecule has 0 aromatic heterocycles. The smallest absolute Gasteiger partial charge is 0.0738 e. The van der Waals surface area contributed by atoms with Crippen molar-refractivity contribution in [3.05, 3.63) is 54.1 Å². The molecule has 0 unspecified atom stereocenters. The summed E-state index contributed by atoms with van der Waals surface area (Å²) in [5, 5.41) is 9.98. The lowest BCUT2D eigenvalue weighted by Crippen LogP contribution is -2.28. The van der Waals surface area contributed by atoms with Crippen LogP contribution in [0.1, 0.15) is 24.8 Å². The topological polar surface area (TPSA) is 23.5 Å². The lowest BCUT2D eigenvalue weighted by atomic mass is 10.1. The Morgan fingerprint density at radius 1 is 1.32 bits per heavy atom. The van der Waals surface area contributed by atoms with Gasteiger partial charge in [-0.2, -0.15) is 0 Å². The van der Waals surface area contributed by atoms with Gasteiger partial charge in [0.2, 0.25) is 0 Å². The van der Waals surface area contributed by atoms with Gasteiger partial charge in [-0.1, -0.05) is 54.6 Å². The molecule has 0 saturated carbocycles. The first-order valence-electron chi connectivity index (χ1n) is 7.04. The summed E-state index contributed by atoms with van der Waals surface area (Å²) in [4.78, 5) is 2.34. The number of likely N-dealkylation sites (tertiary alicyclic amines) is 1. The highest BCUT2D eigenvalue weighted by Gasteiger charge is 2.22. The number of aliphatic hydroxyl groups is 1. The molecule has 1 aliphatic rings. The summed E-state index contributed by atoms with van der Waals surface area (Å²) < 4.78 is 0. The van der Waals surface area contributed by atoms with Crippen molar-refractivity contribution in [1.29, 1.82) is 0 Å². The number of hydrogen-bond acceptors (Lipinski definition) is 2. The third-order valence-electron chi connectivity index (χ3n) is 3.72. The first-order valence-corrected chi connectivity index (χ1v) is 7.04. The first-order chi connectivity index (χ1) is 9.25. The third kappa shape index (κ3) is 4.66. The quantitative estimate of drug-likeness (QED) is 0.819. The molecule has 0 radical (unpaired) electrons. The van der Waals surface area contributed by atoms with Gasteiger partial charge in [-0.3, -0.25) is 0 Å². The second-order valence-corrected chi connectivity index (χ2v) is 5.23. The number of benzene rings is 1. The summed E-state index contributed by atoms with van der Waals surface area (Å²) >= 11 is 0. The van der Waals surface area contributed by atoms with Crippen LogP contribution in [0.5, 0.6) is 0 Å². The molecule has 0 amide bonds. The Morgan fingerprint density at radius 3 is 2.79 bits per heavy atom. The van der Waals surface area contributed by atoms with Crippen molar-refractivity contribution >= 4 is 6.08 Å². The monoisotopic (exact) mass is 257 g/mol. The molecule has 1 aliphatic heterocycles. The number of rotatable bonds is 5. The molecular formula is C17H23NO. The summed E-state index contributed by atoms with van der Waals surface area (Å²) in [5.74, 6) is 0. The summed E-state index contributed by atoms with van der Waals surface area (Å²) in [7, 11) is 2.14. The van der Waals surface area contributed by atoms with E-state index in [1.807, 2.05) is 42.5 Å². The van der Waals surface area contributed by atoms with Gasteiger partial charge in [-0.25, -0.2) is 0 Å². The molecule has 2 nitrogen and oxygen atoms in total. The minimum Gasteiger partial charge on any atom is -0.389 e. The van der Waals surface area contributed by atoms with E-state index in [0.717, 1.165) is 13.0 Å². The molecule has 2 atom stereocenters. The van der Waals surface area contributed by atoms with E-state index in [4.69, 9.17) is 0 Å². The van der Waals surface area contributed by atoms with Gasteiger partial charge < -0.3 is 10.0 Å². The van der Waals surface area contributed by atoms with Crippen LogP contribution in [-0.2, 0) is 0 Å². The Bertz CT molecular complexity index is 424. The standard InChI is InChI=1S/C17H23NO/c1-18-13-7-11-16(18)14-17(19)12-6-5-10-15-8-3-2-4-9-15/h2-6,8-10,12,16-17,19H,7,11,13-14H2,1H3/b10-5+,12-6+/t16-,17-/m0/s1. The maximum Gasteiger partial charge on any atom is 0.0738 e. The molecule has 1 N–H and O–H groups in total. The second kappa shape index (κ2) is 7.27. The summed E-state index contributed by atoms with van der Waals surface area (Å²) in [6.07, 6.45) is 10.8. The van der Waals surface area contributed by atoms with Crippen LogP contribution in [0.3, 0.4) is 0 Å². The molecule has 0 spiro atoms. The summed E-state index contributed by atoms with van der Waals surface area (Å²) in [6.45, 7) is 1.16. The molecule has 102 valence electrons. The highest BCUT2D eigenvalue weighted by atomic mass is 16.3. The molecule has 1 heterocycles. The Balaban J connectivity index is 1.77. The number of aliphatic hydroxyl groups excluding tert-OH is 1. The molecular weight excluding hydrogens is 234 g/mol. The largest absolute Gasteiger partial charge is 0.389 e. The van der Waals surface area contributed by atoms with Gasteiger partial charge >= 0.3 is 0 Å². The van der Waals surface area contributed by atoms with Crippen molar-refractivity contribution in [2.75, 3.05) is 13.6 Å². The molecule has 0 bridgehead atoms. The highest BCUT2D eigenvalue weighted by molar-refractivity contribution is 5.50. The Kier molecular flexibility index (Phi) is 5.37. The first kappa shape index (κ1) is 14.0. The molecule has 1 aromatic carbocycles. The van der Waals surface area contributed by atoms with Crippen LogP contribution in [0, 0.1) is 0 Å². The van der Waals surface area contributed by atoms with Gasteiger partial charge in [-0.05, 0) is 38.4 Å². The van der Waals surface area contributed by atoms with E-state index in [9.17, 15) is 5.11 Å². The van der Waals surface area contributed by atoms with Gasteiger partial charge in [0.25, 0.3) is 0 Å². The summed E-state index contributed by atoms with van der Waals surface area (Å²) in [5.41, 5.74) is 1.18. The average Bonchev–Trinajstić information content (AvgIpc) is 2.82. The van der Waals surface area contributed by atoms with Crippen molar-refractivity contribution < 1.29 is 5.11 Å². The fourth-order valence-electron chi connectivity index (χ4n) is 2.56. The molecule has 0 aliphatic carbocycles. The summed E-state index contributed by atoms with van der Waals surface area (Å²) in [6, 6.07) is 10.7. The zero-order chi connectivity index (χ0) is 13.5. The van der Waals surface area contributed by atoms with Gasteiger partial charge in [0.15, 0.2) is 0 Å². The van der Waals surface area contributed by atoms with Crippen LogP contribution >= 0.6 is 0 Å². The van der Waals surface area contributed by atoms with Crippen molar-refractivity contribution in [2.24, 2.45) is 0 Å².